The standard InChI is InChI=1S/C13H18N2O2/c1-4-8-15(5-2)13(16)11-9-10(14)6-7-12(11)17-3/h4,6-7,9H,1,5,8,14H2,2-3H3. The van der Waals surface area contributed by atoms with Crippen LogP contribution in [0.5, 0.6) is 5.75 Å². The molecule has 0 spiro atoms. The molecule has 0 aliphatic heterocycles. The maximum absolute atomic E-state index is 12.2. The molecular weight excluding hydrogens is 216 g/mol. The molecule has 0 radical (unpaired) electrons. The van der Waals surface area contributed by atoms with Gasteiger partial charge in [-0.3, -0.25) is 4.79 Å². The van der Waals surface area contributed by atoms with Crippen molar-refractivity contribution in [1.82, 2.24) is 4.90 Å². The lowest BCUT2D eigenvalue weighted by Gasteiger charge is -2.20. The molecule has 92 valence electrons. The number of amides is 1. The van der Waals surface area contributed by atoms with E-state index in [2.05, 4.69) is 6.58 Å². The molecule has 1 rings (SSSR count). The van der Waals surface area contributed by atoms with E-state index in [0.717, 1.165) is 0 Å². The minimum Gasteiger partial charge on any atom is -0.496 e. The van der Waals surface area contributed by atoms with Crippen LogP contribution in [-0.2, 0) is 0 Å². The fraction of sp³-hybridized carbons (Fsp3) is 0.308. The fourth-order valence-electron chi connectivity index (χ4n) is 1.57. The van der Waals surface area contributed by atoms with Crippen molar-refractivity contribution >= 4 is 11.6 Å². The quantitative estimate of drug-likeness (QED) is 0.625. The van der Waals surface area contributed by atoms with E-state index in [4.69, 9.17) is 10.5 Å². The summed E-state index contributed by atoms with van der Waals surface area (Å²) in [7, 11) is 1.53. The SMILES string of the molecule is C=CCN(CC)C(=O)c1cc(N)ccc1OC. The lowest BCUT2D eigenvalue weighted by atomic mass is 10.1. The number of anilines is 1. The normalized spacial score (nSPS) is 9.76. The number of hydrogen-bond acceptors (Lipinski definition) is 3. The Morgan fingerprint density at radius 2 is 2.29 bits per heavy atom. The maximum Gasteiger partial charge on any atom is 0.257 e. The zero-order chi connectivity index (χ0) is 12.8. The van der Waals surface area contributed by atoms with Gasteiger partial charge in [0.25, 0.3) is 5.91 Å². The Hall–Kier alpha value is -1.97. The predicted molar refractivity (Wildman–Crippen MR) is 69.2 cm³/mol. The van der Waals surface area contributed by atoms with Crippen molar-refractivity contribution in [3.05, 3.63) is 36.4 Å². The van der Waals surface area contributed by atoms with Crippen LogP contribution >= 0.6 is 0 Å². The highest BCUT2D eigenvalue weighted by Crippen LogP contribution is 2.22. The van der Waals surface area contributed by atoms with Crippen LogP contribution in [0.25, 0.3) is 0 Å². The Balaban J connectivity index is 3.08. The number of methoxy groups -OCH3 is 1. The first-order valence-electron chi connectivity index (χ1n) is 5.47. The number of rotatable bonds is 5. The molecule has 1 amide bonds. The van der Waals surface area contributed by atoms with Crippen LogP contribution in [0, 0.1) is 0 Å². The van der Waals surface area contributed by atoms with Gasteiger partial charge in [-0.1, -0.05) is 6.08 Å². The first-order chi connectivity index (χ1) is 8.13. The fourth-order valence-corrected chi connectivity index (χ4v) is 1.57. The summed E-state index contributed by atoms with van der Waals surface area (Å²) >= 11 is 0. The molecule has 0 unspecified atom stereocenters. The molecule has 0 aliphatic carbocycles. The first kappa shape index (κ1) is 13.1. The number of nitrogens with two attached hydrogens (primary N) is 1. The number of benzene rings is 1. The Morgan fingerprint density at radius 3 is 2.82 bits per heavy atom. The van der Waals surface area contributed by atoms with Crippen LogP contribution in [0.3, 0.4) is 0 Å². The number of carbonyl (C=O) groups excluding carboxylic acids is 1. The molecular formula is C13H18N2O2. The third-order valence-electron chi connectivity index (χ3n) is 2.47. The van der Waals surface area contributed by atoms with Crippen LogP contribution < -0.4 is 10.5 Å². The van der Waals surface area contributed by atoms with E-state index in [1.54, 1.807) is 29.2 Å². The average molecular weight is 234 g/mol. The molecule has 4 nitrogen and oxygen atoms in total. The predicted octanol–water partition coefficient (Wildman–Crippen LogP) is 1.93. The second kappa shape index (κ2) is 5.94. The number of ether oxygens (including phenoxy) is 1. The van der Waals surface area contributed by atoms with E-state index in [1.807, 2.05) is 6.92 Å². The molecule has 2 N–H and O–H groups in total. The number of carbonyl (C=O) groups is 1. The Labute approximate surface area is 102 Å². The number of nitrogen functional groups attached to an aromatic ring is 1. The highest BCUT2D eigenvalue weighted by molar-refractivity contribution is 5.97. The van der Waals surface area contributed by atoms with Crippen LogP contribution in [-0.4, -0.2) is 31.0 Å². The Bertz CT molecular complexity index is 416. The molecule has 0 heterocycles. The van der Waals surface area contributed by atoms with Gasteiger partial charge < -0.3 is 15.4 Å². The summed E-state index contributed by atoms with van der Waals surface area (Å²) in [5.41, 5.74) is 6.72. The van der Waals surface area contributed by atoms with Crippen molar-refractivity contribution in [2.45, 2.75) is 6.92 Å². The van der Waals surface area contributed by atoms with E-state index >= 15 is 0 Å². The smallest absolute Gasteiger partial charge is 0.257 e. The van der Waals surface area contributed by atoms with Crippen molar-refractivity contribution in [3.8, 4) is 5.75 Å². The van der Waals surface area contributed by atoms with Gasteiger partial charge in [-0.05, 0) is 25.1 Å². The van der Waals surface area contributed by atoms with Gasteiger partial charge in [0.05, 0.1) is 12.7 Å². The molecule has 4 heteroatoms. The van der Waals surface area contributed by atoms with E-state index < -0.39 is 0 Å². The second-order valence-corrected chi connectivity index (χ2v) is 3.59. The summed E-state index contributed by atoms with van der Waals surface area (Å²) in [6, 6.07) is 5.04. The maximum atomic E-state index is 12.2. The van der Waals surface area contributed by atoms with Crippen molar-refractivity contribution in [2.24, 2.45) is 0 Å². The summed E-state index contributed by atoms with van der Waals surface area (Å²) in [4.78, 5) is 13.9. The Kier molecular flexibility index (Phi) is 4.57. The van der Waals surface area contributed by atoms with Gasteiger partial charge in [-0.15, -0.1) is 6.58 Å². The first-order valence-corrected chi connectivity index (χ1v) is 5.47. The minimum atomic E-state index is -0.100. The molecule has 0 saturated heterocycles. The molecule has 0 saturated carbocycles. The largest absolute Gasteiger partial charge is 0.496 e. The molecule has 1 aromatic carbocycles. The monoisotopic (exact) mass is 234 g/mol. The van der Waals surface area contributed by atoms with Gasteiger partial charge >= 0.3 is 0 Å². The van der Waals surface area contributed by atoms with Gasteiger partial charge in [0.15, 0.2) is 0 Å². The summed E-state index contributed by atoms with van der Waals surface area (Å²) in [5.74, 6) is 0.434. The molecule has 0 fully saturated rings. The number of nitrogens with zero attached hydrogens (tertiary/aromatic N) is 1. The molecule has 17 heavy (non-hydrogen) atoms. The summed E-state index contributed by atoms with van der Waals surface area (Å²) in [6.07, 6.45) is 1.69. The number of likely N-dealkylation sites (N-methyl/N-ethyl adjacent to an activating group) is 1. The Morgan fingerprint density at radius 1 is 1.59 bits per heavy atom. The van der Waals surface area contributed by atoms with Gasteiger partial charge in [-0.25, -0.2) is 0 Å². The topological polar surface area (TPSA) is 55.6 Å². The molecule has 0 aromatic heterocycles. The summed E-state index contributed by atoms with van der Waals surface area (Å²) in [6.45, 7) is 6.67. The second-order valence-electron chi connectivity index (χ2n) is 3.59. The van der Waals surface area contributed by atoms with Crippen LogP contribution in [0.1, 0.15) is 17.3 Å². The molecule has 0 bridgehead atoms. The third-order valence-corrected chi connectivity index (χ3v) is 2.47. The highest BCUT2D eigenvalue weighted by Gasteiger charge is 2.17. The van der Waals surface area contributed by atoms with Crippen molar-refractivity contribution in [3.63, 3.8) is 0 Å². The molecule has 0 aliphatic rings. The minimum absolute atomic E-state index is 0.100. The summed E-state index contributed by atoms with van der Waals surface area (Å²) < 4.78 is 5.17. The van der Waals surface area contributed by atoms with Gasteiger partial charge in [-0.2, -0.15) is 0 Å². The van der Waals surface area contributed by atoms with E-state index in [0.29, 0.717) is 30.1 Å². The highest BCUT2D eigenvalue weighted by atomic mass is 16.5. The van der Waals surface area contributed by atoms with E-state index in [-0.39, 0.29) is 5.91 Å². The van der Waals surface area contributed by atoms with Crippen LogP contribution in [0.15, 0.2) is 30.9 Å². The number of hydrogen-bond donors (Lipinski definition) is 1. The summed E-state index contributed by atoms with van der Waals surface area (Å²) in [5, 5.41) is 0. The lowest BCUT2D eigenvalue weighted by Crippen LogP contribution is -2.31. The van der Waals surface area contributed by atoms with Crippen molar-refractivity contribution < 1.29 is 9.53 Å². The van der Waals surface area contributed by atoms with Crippen molar-refractivity contribution in [1.29, 1.82) is 0 Å². The van der Waals surface area contributed by atoms with Crippen molar-refractivity contribution in [2.75, 3.05) is 25.9 Å². The zero-order valence-corrected chi connectivity index (χ0v) is 10.3. The zero-order valence-electron chi connectivity index (χ0n) is 10.3. The van der Waals surface area contributed by atoms with Gasteiger partial charge in [0.2, 0.25) is 0 Å². The molecule has 1 aromatic rings. The average Bonchev–Trinajstić information content (AvgIpc) is 2.35. The lowest BCUT2D eigenvalue weighted by molar-refractivity contribution is 0.0779. The van der Waals surface area contributed by atoms with Crippen LogP contribution in [0.4, 0.5) is 5.69 Å². The van der Waals surface area contributed by atoms with Crippen LogP contribution in [0.2, 0.25) is 0 Å². The van der Waals surface area contributed by atoms with Gasteiger partial charge in [0.1, 0.15) is 5.75 Å². The van der Waals surface area contributed by atoms with E-state index in [1.165, 1.54) is 7.11 Å². The van der Waals surface area contributed by atoms with Gasteiger partial charge in [0, 0.05) is 18.8 Å². The third kappa shape index (κ3) is 3.00. The van der Waals surface area contributed by atoms with E-state index in [9.17, 15) is 4.79 Å². The molecule has 0 atom stereocenters.